The van der Waals surface area contributed by atoms with Crippen molar-refractivity contribution < 1.29 is 9.26 Å². The lowest BCUT2D eigenvalue weighted by molar-refractivity contribution is 0.0683. The van der Waals surface area contributed by atoms with Gasteiger partial charge in [-0.15, -0.1) is 0 Å². The van der Waals surface area contributed by atoms with Gasteiger partial charge in [-0.1, -0.05) is 19.0 Å². The zero-order chi connectivity index (χ0) is 18.9. The van der Waals surface area contributed by atoms with Crippen molar-refractivity contribution in [3.63, 3.8) is 0 Å². The Kier molecular flexibility index (Phi) is 8.31. The van der Waals surface area contributed by atoms with Gasteiger partial charge in [0.2, 0.25) is 5.89 Å². The third-order valence-electron chi connectivity index (χ3n) is 4.26. The van der Waals surface area contributed by atoms with Gasteiger partial charge in [-0.2, -0.15) is 4.98 Å². The molecule has 0 saturated carbocycles. The highest BCUT2D eigenvalue weighted by Crippen LogP contribution is 2.13. The van der Waals surface area contributed by atoms with Gasteiger partial charge in [0, 0.05) is 45.9 Å². The number of guanidine groups is 1. The van der Waals surface area contributed by atoms with Crippen LogP contribution in [0, 0.1) is 5.92 Å². The van der Waals surface area contributed by atoms with E-state index in [-0.39, 0.29) is 6.10 Å². The van der Waals surface area contributed by atoms with Gasteiger partial charge in [-0.25, -0.2) is 4.99 Å². The van der Waals surface area contributed by atoms with E-state index in [0.717, 1.165) is 45.2 Å². The van der Waals surface area contributed by atoms with E-state index >= 15 is 0 Å². The van der Waals surface area contributed by atoms with Gasteiger partial charge in [-0.05, 0) is 26.7 Å². The Morgan fingerprint density at radius 3 is 2.58 bits per heavy atom. The van der Waals surface area contributed by atoms with Crippen molar-refractivity contribution in [2.24, 2.45) is 10.9 Å². The number of rotatable bonds is 8. The molecule has 1 unspecified atom stereocenters. The summed E-state index contributed by atoms with van der Waals surface area (Å²) < 4.78 is 10.8. The number of nitrogens with zero attached hydrogens (tertiary/aromatic N) is 5. The fourth-order valence-electron chi connectivity index (χ4n) is 3.05. The Labute approximate surface area is 157 Å². The molecule has 1 aromatic rings. The molecule has 0 aliphatic carbocycles. The summed E-state index contributed by atoms with van der Waals surface area (Å²) in [7, 11) is 0. The van der Waals surface area contributed by atoms with Crippen molar-refractivity contribution in [2.75, 3.05) is 45.9 Å². The van der Waals surface area contributed by atoms with E-state index in [1.54, 1.807) is 0 Å². The molecule has 0 amide bonds. The van der Waals surface area contributed by atoms with Gasteiger partial charge < -0.3 is 19.5 Å². The molecular weight excluding hydrogens is 332 g/mol. The number of hydrogen-bond acceptors (Lipinski definition) is 6. The van der Waals surface area contributed by atoms with Crippen LogP contribution in [0.1, 0.15) is 52.4 Å². The second kappa shape index (κ2) is 10.5. The van der Waals surface area contributed by atoms with Crippen LogP contribution in [0.5, 0.6) is 0 Å². The quantitative estimate of drug-likeness (QED) is 0.556. The van der Waals surface area contributed by atoms with Gasteiger partial charge in [0.1, 0.15) is 12.6 Å². The normalized spacial score (nSPS) is 17.8. The molecule has 0 spiro atoms. The van der Waals surface area contributed by atoms with Crippen molar-refractivity contribution in [3.8, 4) is 0 Å². The molecule has 1 fully saturated rings. The molecule has 0 radical (unpaired) electrons. The zero-order valence-corrected chi connectivity index (χ0v) is 16.9. The average Bonchev–Trinajstić information content (AvgIpc) is 3.08. The summed E-state index contributed by atoms with van der Waals surface area (Å²) in [4.78, 5) is 13.9. The first-order valence-corrected chi connectivity index (χ1v) is 9.73. The summed E-state index contributed by atoms with van der Waals surface area (Å²) in [6.45, 7) is 17.6. The van der Waals surface area contributed by atoms with Gasteiger partial charge in [0.25, 0.3) is 0 Å². The summed E-state index contributed by atoms with van der Waals surface area (Å²) in [5.41, 5.74) is 0. The minimum Gasteiger partial charge on any atom is -0.371 e. The predicted octanol–water partition coefficient (Wildman–Crippen LogP) is 1.91. The molecule has 1 saturated heterocycles. The van der Waals surface area contributed by atoms with Crippen molar-refractivity contribution in [2.45, 2.75) is 47.3 Å². The maximum absolute atomic E-state index is 5.49. The van der Waals surface area contributed by atoms with E-state index in [2.05, 4.69) is 51.0 Å². The first kappa shape index (κ1) is 20.6. The molecule has 0 bridgehead atoms. The van der Waals surface area contributed by atoms with Crippen LogP contribution in [-0.2, 0) is 11.3 Å². The molecule has 8 nitrogen and oxygen atoms in total. The SMILES string of the molecule is CCNC(=NCc1nc(C(C)OCC)no1)N1CCN(CC(C)C)CC1. The molecule has 1 N–H and O–H groups in total. The van der Waals surface area contributed by atoms with Gasteiger partial charge in [0.05, 0.1) is 0 Å². The lowest BCUT2D eigenvalue weighted by Crippen LogP contribution is -2.53. The first-order chi connectivity index (χ1) is 12.5. The topological polar surface area (TPSA) is 79.0 Å². The van der Waals surface area contributed by atoms with Crippen molar-refractivity contribution in [3.05, 3.63) is 11.7 Å². The van der Waals surface area contributed by atoms with Crippen molar-refractivity contribution in [1.82, 2.24) is 25.3 Å². The second-order valence-electron chi connectivity index (χ2n) is 7.00. The van der Waals surface area contributed by atoms with Crippen molar-refractivity contribution in [1.29, 1.82) is 0 Å². The number of piperazine rings is 1. The standard InChI is InChI=1S/C18H34N6O2/c1-6-19-18(24-10-8-23(9-11-24)13-14(3)4)20-12-16-21-17(22-26-16)15(5)25-7-2/h14-15H,6-13H2,1-5H3,(H,19,20). The van der Waals surface area contributed by atoms with Crippen LogP contribution in [0.2, 0.25) is 0 Å². The monoisotopic (exact) mass is 366 g/mol. The molecule has 1 aliphatic rings. The lowest BCUT2D eigenvalue weighted by atomic mass is 10.2. The molecule has 8 heteroatoms. The molecule has 148 valence electrons. The third-order valence-corrected chi connectivity index (χ3v) is 4.26. The maximum atomic E-state index is 5.49. The van der Waals surface area contributed by atoms with E-state index in [4.69, 9.17) is 9.26 Å². The van der Waals surface area contributed by atoms with Crippen LogP contribution in [-0.4, -0.2) is 71.8 Å². The van der Waals surface area contributed by atoms with Crippen LogP contribution < -0.4 is 5.32 Å². The van der Waals surface area contributed by atoms with Crippen LogP contribution in [0.25, 0.3) is 0 Å². The van der Waals surface area contributed by atoms with E-state index in [0.29, 0.717) is 30.8 Å². The lowest BCUT2D eigenvalue weighted by Gasteiger charge is -2.37. The Hall–Kier alpha value is -1.67. The summed E-state index contributed by atoms with van der Waals surface area (Å²) in [6.07, 6.45) is -0.163. The van der Waals surface area contributed by atoms with E-state index in [1.807, 2.05) is 13.8 Å². The van der Waals surface area contributed by atoms with E-state index in [1.165, 1.54) is 0 Å². The Morgan fingerprint density at radius 2 is 1.96 bits per heavy atom. The average molecular weight is 367 g/mol. The third kappa shape index (κ3) is 6.25. The smallest absolute Gasteiger partial charge is 0.248 e. The second-order valence-corrected chi connectivity index (χ2v) is 7.00. The summed E-state index contributed by atoms with van der Waals surface area (Å²) >= 11 is 0. The fraction of sp³-hybridized carbons (Fsp3) is 0.833. The number of hydrogen-bond donors (Lipinski definition) is 1. The molecule has 1 aromatic heterocycles. The largest absolute Gasteiger partial charge is 0.371 e. The number of nitrogens with one attached hydrogen (secondary N) is 1. The molecular formula is C18H34N6O2. The number of aliphatic imine (C=N–C) groups is 1. The summed E-state index contributed by atoms with van der Waals surface area (Å²) in [5, 5.41) is 7.36. The Balaban J connectivity index is 1.93. The van der Waals surface area contributed by atoms with E-state index < -0.39 is 0 Å². The van der Waals surface area contributed by atoms with Crippen LogP contribution in [0.3, 0.4) is 0 Å². The molecule has 1 atom stereocenters. The molecule has 2 heterocycles. The van der Waals surface area contributed by atoms with Crippen LogP contribution >= 0.6 is 0 Å². The minimum absolute atomic E-state index is 0.163. The predicted molar refractivity (Wildman–Crippen MR) is 102 cm³/mol. The number of ether oxygens (including phenoxy) is 1. The summed E-state index contributed by atoms with van der Waals surface area (Å²) in [5.74, 6) is 2.70. The van der Waals surface area contributed by atoms with Crippen molar-refractivity contribution >= 4 is 5.96 Å². The first-order valence-electron chi connectivity index (χ1n) is 9.73. The van der Waals surface area contributed by atoms with Crippen LogP contribution in [0.4, 0.5) is 0 Å². The number of aromatic nitrogens is 2. The van der Waals surface area contributed by atoms with Crippen LogP contribution in [0.15, 0.2) is 9.52 Å². The highest BCUT2D eigenvalue weighted by Gasteiger charge is 2.20. The molecule has 2 rings (SSSR count). The van der Waals surface area contributed by atoms with Gasteiger partial charge in [0.15, 0.2) is 11.8 Å². The molecule has 0 aromatic carbocycles. The maximum Gasteiger partial charge on any atom is 0.248 e. The minimum atomic E-state index is -0.163. The molecule has 26 heavy (non-hydrogen) atoms. The highest BCUT2D eigenvalue weighted by atomic mass is 16.5. The Morgan fingerprint density at radius 1 is 1.23 bits per heavy atom. The van der Waals surface area contributed by atoms with Gasteiger partial charge in [-0.3, -0.25) is 4.90 Å². The molecule has 1 aliphatic heterocycles. The van der Waals surface area contributed by atoms with Gasteiger partial charge >= 0.3 is 0 Å². The Bertz CT molecular complexity index is 552. The highest BCUT2D eigenvalue weighted by molar-refractivity contribution is 5.80. The zero-order valence-electron chi connectivity index (χ0n) is 16.9. The fourth-order valence-corrected chi connectivity index (χ4v) is 3.05. The summed E-state index contributed by atoms with van der Waals surface area (Å²) in [6, 6.07) is 0. The van der Waals surface area contributed by atoms with E-state index in [9.17, 15) is 0 Å².